The summed E-state index contributed by atoms with van der Waals surface area (Å²) < 4.78 is 0. The Labute approximate surface area is 102 Å². The number of carboxylic acid groups (broad SMARTS) is 1. The largest absolute Gasteiger partial charge is 0.478 e. The molecule has 0 saturated heterocycles. The molecule has 0 atom stereocenters. The maximum Gasteiger partial charge on any atom is 0.331 e. The molecule has 0 bridgehead atoms. The standard InChI is InChI=1S/C14H19NO2/c1-3-6-12-7-4-5-8-13(12)15-10-9-11(2)14(16)17/h4-5,7-9,15H,3,6,10H2,1-2H3,(H,16,17)/b11-9-. The number of aryl methyl sites for hydroxylation is 1. The molecule has 1 aromatic rings. The van der Waals surface area contributed by atoms with Gasteiger partial charge in [0.25, 0.3) is 0 Å². The van der Waals surface area contributed by atoms with E-state index in [0.717, 1.165) is 18.5 Å². The summed E-state index contributed by atoms with van der Waals surface area (Å²) in [6, 6.07) is 8.12. The van der Waals surface area contributed by atoms with Gasteiger partial charge in [-0.15, -0.1) is 0 Å². The molecule has 0 unspecified atom stereocenters. The summed E-state index contributed by atoms with van der Waals surface area (Å²) in [5, 5.41) is 12.0. The van der Waals surface area contributed by atoms with E-state index in [9.17, 15) is 4.79 Å². The number of carbonyl (C=O) groups is 1. The van der Waals surface area contributed by atoms with Gasteiger partial charge >= 0.3 is 5.97 Å². The topological polar surface area (TPSA) is 49.3 Å². The number of benzene rings is 1. The predicted octanol–water partition coefficient (Wildman–Crippen LogP) is 3.08. The molecule has 3 nitrogen and oxygen atoms in total. The van der Waals surface area contributed by atoms with E-state index in [1.807, 2.05) is 18.2 Å². The molecule has 0 aliphatic heterocycles. The van der Waals surface area contributed by atoms with E-state index in [4.69, 9.17) is 5.11 Å². The lowest BCUT2D eigenvalue weighted by Gasteiger charge is -2.09. The Bertz CT molecular complexity index is 410. The number of nitrogens with one attached hydrogen (secondary N) is 1. The van der Waals surface area contributed by atoms with Crippen LogP contribution in [0.1, 0.15) is 25.8 Å². The fourth-order valence-corrected chi connectivity index (χ4v) is 1.58. The van der Waals surface area contributed by atoms with Crippen molar-refractivity contribution in [1.82, 2.24) is 0 Å². The van der Waals surface area contributed by atoms with Crippen LogP contribution in [-0.4, -0.2) is 17.6 Å². The van der Waals surface area contributed by atoms with Gasteiger partial charge in [0.15, 0.2) is 0 Å². The van der Waals surface area contributed by atoms with Gasteiger partial charge in [0.05, 0.1) is 0 Å². The molecule has 0 aromatic heterocycles. The molecule has 0 saturated carbocycles. The van der Waals surface area contributed by atoms with Crippen molar-refractivity contribution in [3.63, 3.8) is 0 Å². The maximum absolute atomic E-state index is 10.6. The molecule has 1 aromatic carbocycles. The summed E-state index contributed by atoms with van der Waals surface area (Å²) in [5.74, 6) is -0.867. The van der Waals surface area contributed by atoms with Gasteiger partial charge in [-0.2, -0.15) is 0 Å². The average molecular weight is 233 g/mol. The number of hydrogen-bond acceptors (Lipinski definition) is 2. The van der Waals surface area contributed by atoms with Crippen molar-refractivity contribution in [1.29, 1.82) is 0 Å². The van der Waals surface area contributed by atoms with E-state index in [1.54, 1.807) is 13.0 Å². The van der Waals surface area contributed by atoms with Crippen LogP contribution in [0.3, 0.4) is 0 Å². The summed E-state index contributed by atoms with van der Waals surface area (Å²) in [6.07, 6.45) is 3.82. The first-order valence-corrected chi connectivity index (χ1v) is 5.87. The normalized spacial score (nSPS) is 11.3. The van der Waals surface area contributed by atoms with Crippen LogP contribution >= 0.6 is 0 Å². The van der Waals surface area contributed by atoms with Crippen LogP contribution in [0, 0.1) is 0 Å². The van der Waals surface area contributed by atoms with Gasteiger partial charge in [0.1, 0.15) is 0 Å². The van der Waals surface area contributed by atoms with E-state index in [0.29, 0.717) is 12.1 Å². The minimum Gasteiger partial charge on any atom is -0.478 e. The fourth-order valence-electron chi connectivity index (χ4n) is 1.58. The Kier molecular flexibility index (Phi) is 5.27. The van der Waals surface area contributed by atoms with Crippen LogP contribution in [-0.2, 0) is 11.2 Å². The van der Waals surface area contributed by atoms with E-state index < -0.39 is 5.97 Å². The molecule has 0 amide bonds. The van der Waals surface area contributed by atoms with Crippen molar-refractivity contribution in [3.8, 4) is 0 Å². The van der Waals surface area contributed by atoms with Crippen LogP contribution in [0.4, 0.5) is 5.69 Å². The monoisotopic (exact) mass is 233 g/mol. The molecule has 0 spiro atoms. The summed E-state index contributed by atoms with van der Waals surface area (Å²) in [4.78, 5) is 10.6. The van der Waals surface area contributed by atoms with Crippen molar-refractivity contribution in [2.24, 2.45) is 0 Å². The lowest BCUT2D eigenvalue weighted by Crippen LogP contribution is -2.04. The highest BCUT2D eigenvalue weighted by Gasteiger charge is 2.00. The molecular formula is C14H19NO2. The lowest BCUT2D eigenvalue weighted by molar-refractivity contribution is -0.132. The van der Waals surface area contributed by atoms with E-state index in [1.165, 1.54) is 5.56 Å². The zero-order valence-corrected chi connectivity index (χ0v) is 10.4. The summed E-state index contributed by atoms with van der Waals surface area (Å²) in [6.45, 7) is 4.28. The maximum atomic E-state index is 10.6. The van der Waals surface area contributed by atoms with Crippen LogP contribution in [0.25, 0.3) is 0 Å². The lowest BCUT2D eigenvalue weighted by atomic mass is 10.1. The third-order valence-electron chi connectivity index (χ3n) is 2.57. The first-order chi connectivity index (χ1) is 8.15. The highest BCUT2D eigenvalue weighted by molar-refractivity contribution is 5.85. The van der Waals surface area contributed by atoms with E-state index in [-0.39, 0.29) is 0 Å². The molecule has 0 aliphatic rings. The van der Waals surface area contributed by atoms with Gasteiger partial charge in [0.2, 0.25) is 0 Å². The SMILES string of the molecule is CCCc1ccccc1NC/C=C(/C)C(=O)O. The number of para-hydroxylation sites is 1. The summed E-state index contributed by atoms with van der Waals surface area (Å²) >= 11 is 0. The molecule has 0 fully saturated rings. The smallest absolute Gasteiger partial charge is 0.331 e. The number of rotatable bonds is 6. The number of carboxylic acids is 1. The van der Waals surface area contributed by atoms with Crippen molar-refractivity contribution in [2.45, 2.75) is 26.7 Å². The predicted molar refractivity (Wildman–Crippen MR) is 70.3 cm³/mol. The second-order valence-corrected chi connectivity index (χ2v) is 3.98. The van der Waals surface area contributed by atoms with Crippen LogP contribution < -0.4 is 5.32 Å². The molecule has 1 rings (SSSR count). The molecule has 0 radical (unpaired) electrons. The highest BCUT2D eigenvalue weighted by Crippen LogP contribution is 2.16. The molecule has 2 N–H and O–H groups in total. The average Bonchev–Trinajstić information content (AvgIpc) is 2.31. The fraction of sp³-hybridized carbons (Fsp3) is 0.357. The Balaban J connectivity index is 2.63. The molecule has 92 valence electrons. The van der Waals surface area contributed by atoms with Crippen LogP contribution in [0.5, 0.6) is 0 Å². The van der Waals surface area contributed by atoms with Crippen molar-refractivity contribution < 1.29 is 9.90 Å². The van der Waals surface area contributed by atoms with Gasteiger partial charge in [-0.05, 0) is 25.0 Å². The second-order valence-electron chi connectivity index (χ2n) is 3.98. The number of aliphatic carboxylic acids is 1. The van der Waals surface area contributed by atoms with Crippen molar-refractivity contribution in [3.05, 3.63) is 41.5 Å². The summed E-state index contributed by atoms with van der Waals surface area (Å²) in [7, 11) is 0. The molecule has 3 heteroatoms. The Morgan fingerprint density at radius 2 is 2.12 bits per heavy atom. The van der Waals surface area contributed by atoms with Gasteiger partial charge in [-0.25, -0.2) is 4.79 Å². The second kappa shape index (κ2) is 6.74. The summed E-state index contributed by atoms with van der Waals surface area (Å²) in [5.41, 5.74) is 2.73. The first-order valence-electron chi connectivity index (χ1n) is 5.87. The third kappa shape index (κ3) is 4.31. The van der Waals surface area contributed by atoms with Crippen molar-refractivity contribution in [2.75, 3.05) is 11.9 Å². The number of hydrogen-bond donors (Lipinski definition) is 2. The number of anilines is 1. The Hall–Kier alpha value is -1.77. The Morgan fingerprint density at radius 1 is 1.41 bits per heavy atom. The van der Waals surface area contributed by atoms with Gasteiger partial charge in [-0.3, -0.25) is 0 Å². The van der Waals surface area contributed by atoms with Crippen molar-refractivity contribution >= 4 is 11.7 Å². The van der Waals surface area contributed by atoms with Gasteiger partial charge in [0, 0.05) is 17.8 Å². The zero-order chi connectivity index (χ0) is 12.7. The van der Waals surface area contributed by atoms with Crippen LogP contribution in [0.15, 0.2) is 35.9 Å². The molecule has 0 aliphatic carbocycles. The zero-order valence-electron chi connectivity index (χ0n) is 10.4. The Morgan fingerprint density at radius 3 is 2.76 bits per heavy atom. The first kappa shape index (κ1) is 13.3. The van der Waals surface area contributed by atoms with Gasteiger partial charge < -0.3 is 10.4 Å². The highest BCUT2D eigenvalue weighted by atomic mass is 16.4. The molecular weight excluding hydrogens is 214 g/mol. The minimum absolute atomic E-state index is 0.366. The minimum atomic E-state index is -0.867. The quantitative estimate of drug-likeness (QED) is 0.742. The van der Waals surface area contributed by atoms with E-state index in [2.05, 4.69) is 18.3 Å². The van der Waals surface area contributed by atoms with Gasteiger partial charge in [-0.1, -0.05) is 37.6 Å². The van der Waals surface area contributed by atoms with Crippen LogP contribution in [0.2, 0.25) is 0 Å². The third-order valence-corrected chi connectivity index (χ3v) is 2.57. The molecule has 0 heterocycles. The van der Waals surface area contributed by atoms with E-state index >= 15 is 0 Å². The molecule has 17 heavy (non-hydrogen) atoms.